The van der Waals surface area contributed by atoms with Crippen LogP contribution in [0.1, 0.15) is 33.6 Å². The monoisotopic (exact) mass is 308 g/mol. The summed E-state index contributed by atoms with van der Waals surface area (Å²) >= 11 is 0. The van der Waals surface area contributed by atoms with E-state index in [9.17, 15) is 0 Å². The highest BCUT2D eigenvalue weighted by Gasteiger charge is 2.06. The third kappa shape index (κ3) is 7.45. The highest BCUT2D eigenvalue weighted by Crippen LogP contribution is 1.99. The number of hydrogen-bond acceptors (Lipinski definition) is 3. The maximum absolute atomic E-state index is 4.28. The quantitative estimate of drug-likeness (QED) is 0.509. The molecule has 1 aromatic heterocycles. The number of aliphatic imine (C=N–C) groups is 1. The van der Waals surface area contributed by atoms with Crippen LogP contribution in [0.5, 0.6) is 0 Å². The van der Waals surface area contributed by atoms with Gasteiger partial charge in [-0.05, 0) is 39.4 Å². The molecule has 0 aliphatic rings. The van der Waals surface area contributed by atoms with Crippen molar-refractivity contribution in [1.29, 1.82) is 0 Å². The standard InChI is InChI=1S/C16H32N6/c1-5-21(6-2)11-7-8-15(3)20-16(17-4)19-10-13-22-12-9-18-14-22/h9,12,14-15H,5-8,10-11,13H2,1-4H3,(H2,17,19,20). The summed E-state index contributed by atoms with van der Waals surface area (Å²) in [5, 5.41) is 6.79. The number of nitrogens with zero attached hydrogens (tertiary/aromatic N) is 4. The third-order valence-electron chi connectivity index (χ3n) is 3.83. The van der Waals surface area contributed by atoms with Crippen LogP contribution in [0.25, 0.3) is 0 Å². The minimum Gasteiger partial charge on any atom is -0.355 e. The van der Waals surface area contributed by atoms with Crippen LogP contribution >= 0.6 is 0 Å². The van der Waals surface area contributed by atoms with Crippen molar-refractivity contribution in [3.63, 3.8) is 0 Å². The van der Waals surface area contributed by atoms with Crippen molar-refractivity contribution in [3.8, 4) is 0 Å². The average Bonchev–Trinajstić information content (AvgIpc) is 3.04. The predicted molar refractivity (Wildman–Crippen MR) is 93.2 cm³/mol. The van der Waals surface area contributed by atoms with Crippen LogP contribution in [-0.2, 0) is 6.54 Å². The highest BCUT2D eigenvalue weighted by molar-refractivity contribution is 5.79. The highest BCUT2D eigenvalue weighted by atomic mass is 15.2. The van der Waals surface area contributed by atoms with E-state index in [1.807, 2.05) is 24.1 Å². The minimum absolute atomic E-state index is 0.426. The van der Waals surface area contributed by atoms with Gasteiger partial charge >= 0.3 is 0 Å². The Morgan fingerprint density at radius 3 is 2.73 bits per heavy atom. The number of hydrogen-bond donors (Lipinski definition) is 2. The molecular formula is C16H32N6. The largest absolute Gasteiger partial charge is 0.355 e. The molecule has 1 unspecified atom stereocenters. The molecule has 0 fully saturated rings. The number of rotatable bonds is 10. The summed E-state index contributed by atoms with van der Waals surface area (Å²) in [6.07, 6.45) is 7.95. The number of guanidine groups is 1. The summed E-state index contributed by atoms with van der Waals surface area (Å²) in [5.41, 5.74) is 0. The molecule has 0 aliphatic heterocycles. The Morgan fingerprint density at radius 1 is 1.36 bits per heavy atom. The Labute approximate surface area is 135 Å². The Morgan fingerprint density at radius 2 is 2.14 bits per heavy atom. The van der Waals surface area contributed by atoms with Gasteiger partial charge in [-0.3, -0.25) is 4.99 Å². The summed E-state index contributed by atoms with van der Waals surface area (Å²) in [4.78, 5) is 10.8. The van der Waals surface area contributed by atoms with E-state index in [1.165, 1.54) is 13.0 Å². The molecule has 0 bridgehead atoms. The molecule has 1 aromatic rings. The van der Waals surface area contributed by atoms with Crippen molar-refractivity contribution in [3.05, 3.63) is 18.7 Å². The van der Waals surface area contributed by atoms with Gasteiger partial charge in [0.2, 0.25) is 0 Å². The van der Waals surface area contributed by atoms with Crippen molar-refractivity contribution < 1.29 is 0 Å². The van der Waals surface area contributed by atoms with Crippen molar-refractivity contribution in [2.24, 2.45) is 4.99 Å². The molecule has 1 atom stereocenters. The molecule has 6 heteroatoms. The lowest BCUT2D eigenvalue weighted by atomic mass is 10.2. The third-order valence-corrected chi connectivity index (χ3v) is 3.83. The first-order valence-electron chi connectivity index (χ1n) is 8.34. The molecule has 126 valence electrons. The minimum atomic E-state index is 0.426. The van der Waals surface area contributed by atoms with Gasteiger partial charge in [-0.1, -0.05) is 13.8 Å². The van der Waals surface area contributed by atoms with Crippen LogP contribution < -0.4 is 10.6 Å². The first-order valence-corrected chi connectivity index (χ1v) is 8.34. The lowest BCUT2D eigenvalue weighted by Crippen LogP contribution is -2.43. The lowest BCUT2D eigenvalue weighted by molar-refractivity contribution is 0.292. The molecule has 6 nitrogen and oxygen atoms in total. The normalized spacial score (nSPS) is 13.4. The Balaban J connectivity index is 2.18. The van der Waals surface area contributed by atoms with Gasteiger partial charge in [-0.2, -0.15) is 0 Å². The van der Waals surface area contributed by atoms with Gasteiger partial charge in [0.05, 0.1) is 6.33 Å². The van der Waals surface area contributed by atoms with E-state index in [0.717, 1.165) is 38.6 Å². The van der Waals surface area contributed by atoms with Crippen LogP contribution in [0, 0.1) is 0 Å². The van der Waals surface area contributed by atoms with E-state index in [2.05, 4.69) is 46.3 Å². The van der Waals surface area contributed by atoms with Gasteiger partial charge in [0, 0.05) is 38.6 Å². The van der Waals surface area contributed by atoms with Crippen molar-refractivity contribution in [1.82, 2.24) is 25.1 Å². The fourth-order valence-corrected chi connectivity index (χ4v) is 2.38. The molecular weight excluding hydrogens is 276 g/mol. The van der Waals surface area contributed by atoms with E-state index in [0.29, 0.717) is 6.04 Å². The zero-order valence-corrected chi connectivity index (χ0v) is 14.5. The van der Waals surface area contributed by atoms with Gasteiger partial charge in [0.25, 0.3) is 0 Å². The molecule has 0 aromatic carbocycles. The SMILES string of the molecule is CCN(CC)CCCC(C)NC(=NC)NCCn1ccnc1. The molecule has 0 aliphatic carbocycles. The van der Waals surface area contributed by atoms with Crippen LogP contribution in [0.3, 0.4) is 0 Å². The van der Waals surface area contributed by atoms with Gasteiger partial charge in [0.1, 0.15) is 0 Å². The average molecular weight is 308 g/mol. The van der Waals surface area contributed by atoms with Crippen LogP contribution in [0.2, 0.25) is 0 Å². The van der Waals surface area contributed by atoms with Crippen LogP contribution in [-0.4, -0.2) is 59.7 Å². The lowest BCUT2D eigenvalue weighted by Gasteiger charge is -2.21. The van der Waals surface area contributed by atoms with Gasteiger partial charge in [0.15, 0.2) is 5.96 Å². The van der Waals surface area contributed by atoms with Crippen LogP contribution in [0.15, 0.2) is 23.7 Å². The van der Waals surface area contributed by atoms with Crippen LogP contribution in [0.4, 0.5) is 0 Å². The zero-order valence-electron chi connectivity index (χ0n) is 14.5. The fraction of sp³-hybridized carbons (Fsp3) is 0.750. The fourth-order valence-electron chi connectivity index (χ4n) is 2.38. The Kier molecular flexibility index (Phi) is 9.30. The topological polar surface area (TPSA) is 57.5 Å². The predicted octanol–water partition coefficient (Wildman–Crippen LogP) is 1.56. The van der Waals surface area contributed by atoms with E-state index in [1.54, 1.807) is 6.20 Å². The Bertz CT molecular complexity index is 397. The molecule has 0 radical (unpaired) electrons. The zero-order chi connectivity index (χ0) is 16.2. The summed E-state index contributed by atoms with van der Waals surface area (Å²) in [7, 11) is 1.81. The van der Waals surface area contributed by atoms with Crippen molar-refractivity contribution >= 4 is 5.96 Å². The molecule has 0 saturated carbocycles. The number of imidazole rings is 1. The maximum atomic E-state index is 4.28. The second kappa shape index (κ2) is 11.1. The molecule has 0 amide bonds. The summed E-state index contributed by atoms with van der Waals surface area (Å²) in [5.74, 6) is 0.871. The van der Waals surface area contributed by atoms with Gasteiger partial charge < -0.3 is 20.1 Å². The van der Waals surface area contributed by atoms with E-state index in [-0.39, 0.29) is 0 Å². The van der Waals surface area contributed by atoms with E-state index < -0.39 is 0 Å². The first-order chi connectivity index (χ1) is 10.7. The maximum Gasteiger partial charge on any atom is 0.191 e. The van der Waals surface area contributed by atoms with E-state index >= 15 is 0 Å². The first kappa shape index (κ1) is 18.5. The molecule has 1 heterocycles. The number of nitrogens with one attached hydrogen (secondary N) is 2. The summed E-state index contributed by atoms with van der Waals surface area (Å²) in [6, 6.07) is 0.426. The van der Waals surface area contributed by atoms with Gasteiger partial charge in [-0.15, -0.1) is 0 Å². The molecule has 0 saturated heterocycles. The van der Waals surface area contributed by atoms with E-state index in [4.69, 9.17) is 0 Å². The second-order valence-corrected chi connectivity index (χ2v) is 5.51. The van der Waals surface area contributed by atoms with Gasteiger partial charge in [-0.25, -0.2) is 4.98 Å². The van der Waals surface area contributed by atoms with Crippen molar-refractivity contribution in [2.45, 2.75) is 46.2 Å². The Hall–Kier alpha value is -1.56. The summed E-state index contributed by atoms with van der Waals surface area (Å²) in [6.45, 7) is 11.8. The molecule has 22 heavy (non-hydrogen) atoms. The smallest absolute Gasteiger partial charge is 0.191 e. The van der Waals surface area contributed by atoms with Crippen molar-refractivity contribution in [2.75, 3.05) is 33.2 Å². The number of aromatic nitrogens is 2. The summed E-state index contributed by atoms with van der Waals surface area (Å²) < 4.78 is 2.05. The molecule has 1 rings (SSSR count). The molecule has 2 N–H and O–H groups in total. The molecule has 0 spiro atoms. The second-order valence-electron chi connectivity index (χ2n) is 5.51.